The largest absolute Gasteiger partial charge is 0.388 e. The van der Waals surface area contributed by atoms with E-state index in [2.05, 4.69) is 9.88 Å². The van der Waals surface area contributed by atoms with Crippen LogP contribution in [0.15, 0.2) is 29.0 Å². The summed E-state index contributed by atoms with van der Waals surface area (Å²) >= 11 is 0. The minimum atomic E-state index is -1.55. The average molecular weight is 386 g/mol. The predicted octanol–water partition coefficient (Wildman–Crippen LogP) is 3.65. The van der Waals surface area contributed by atoms with Gasteiger partial charge in [0.1, 0.15) is 17.9 Å². The van der Waals surface area contributed by atoms with Crippen LogP contribution >= 0.6 is 0 Å². The Labute approximate surface area is 154 Å². The number of aliphatic hydroxyl groups excluding tert-OH is 1. The van der Waals surface area contributed by atoms with Gasteiger partial charge in [0.05, 0.1) is 33.1 Å². The Morgan fingerprint density at radius 2 is 1.96 bits per heavy atom. The number of hydrogen-bond donors (Lipinski definition) is 2. The Morgan fingerprint density at radius 3 is 2.46 bits per heavy atom. The van der Waals surface area contributed by atoms with E-state index in [1.807, 2.05) is 0 Å². The van der Waals surface area contributed by atoms with E-state index in [-0.39, 0.29) is 12.0 Å². The first-order valence-electron chi connectivity index (χ1n) is 8.18. The lowest BCUT2D eigenvalue weighted by atomic mass is 9.85. The van der Waals surface area contributed by atoms with Crippen LogP contribution in [0.3, 0.4) is 0 Å². The van der Waals surface area contributed by atoms with Crippen molar-refractivity contribution in [2.24, 2.45) is 0 Å². The molecule has 0 saturated carbocycles. The lowest BCUT2D eigenvalue weighted by molar-refractivity contribution is 0.130. The van der Waals surface area contributed by atoms with E-state index >= 15 is 0 Å². The third-order valence-corrected chi connectivity index (χ3v) is 5.90. The molecule has 3 unspecified atom stereocenters. The van der Waals surface area contributed by atoms with Crippen molar-refractivity contribution in [3.8, 4) is 0 Å². The molecule has 26 heavy (non-hydrogen) atoms. The lowest BCUT2D eigenvalue weighted by Crippen LogP contribution is -2.47. The molecule has 144 valence electrons. The molecular formula is C18H24F2N2O3S. The van der Waals surface area contributed by atoms with Crippen molar-refractivity contribution in [1.29, 1.82) is 0 Å². The molecule has 0 saturated heterocycles. The number of halogens is 2. The van der Waals surface area contributed by atoms with E-state index < -0.39 is 39.0 Å². The van der Waals surface area contributed by atoms with Gasteiger partial charge in [0, 0.05) is 23.6 Å². The van der Waals surface area contributed by atoms with Crippen LogP contribution in [0.1, 0.15) is 57.0 Å². The first-order chi connectivity index (χ1) is 11.9. The SMILES string of the molecule is Cc1nocc1C(O)CC(C)(NS(=O)C(C)(C)C)c1ccc(F)cc1F. The highest BCUT2D eigenvalue weighted by Crippen LogP contribution is 2.35. The summed E-state index contributed by atoms with van der Waals surface area (Å²) in [5.41, 5.74) is -0.137. The van der Waals surface area contributed by atoms with Gasteiger partial charge in [-0.15, -0.1) is 0 Å². The minimum Gasteiger partial charge on any atom is -0.388 e. The van der Waals surface area contributed by atoms with Gasteiger partial charge in [-0.3, -0.25) is 0 Å². The predicted molar refractivity (Wildman–Crippen MR) is 95.6 cm³/mol. The van der Waals surface area contributed by atoms with Crippen molar-refractivity contribution < 1.29 is 22.6 Å². The molecule has 0 fully saturated rings. The van der Waals surface area contributed by atoms with Crippen LogP contribution in [-0.4, -0.2) is 19.2 Å². The molecule has 8 heteroatoms. The number of benzene rings is 1. The minimum absolute atomic E-state index is 0.0145. The summed E-state index contributed by atoms with van der Waals surface area (Å²) in [4.78, 5) is 0. The topological polar surface area (TPSA) is 75.4 Å². The highest BCUT2D eigenvalue weighted by atomic mass is 32.2. The van der Waals surface area contributed by atoms with Gasteiger partial charge in [-0.1, -0.05) is 11.2 Å². The van der Waals surface area contributed by atoms with Crippen molar-refractivity contribution in [3.63, 3.8) is 0 Å². The van der Waals surface area contributed by atoms with Crippen LogP contribution in [0.4, 0.5) is 8.78 Å². The smallest absolute Gasteiger partial charge is 0.131 e. The summed E-state index contributed by atoms with van der Waals surface area (Å²) in [6.07, 6.45) is 0.266. The number of hydrogen-bond acceptors (Lipinski definition) is 4. The van der Waals surface area contributed by atoms with Gasteiger partial charge in [0.15, 0.2) is 0 Å². The van der Waals surface area contributed by atoms with Gasteiger partial charge in [-0.2, -0.15) is 0 Å². The maximum atomic E-state index is 14.5. The van der Waals surface area contributed by atoms with Crippen LogP contribution in [0.2, 0.25) is 0 Å². The van der Waals surface area contributed by atoms with Gasteiger partial charge in [0.2, 0.25) is 0 Å². The zero-order chi connectivity index (χ0) is 19.7. The van der Waals surface area contributed by atoms with Crippen LogP contribution in [0.5, 0.6) is 0 Å². The van der Waals surface area contributed by atoms with Gasteiger partial charge in [-0.05, 0) is 40.7 Å². The average Bonchev–Trinajstić information content (AvgIpc) is 2.92. The van der Waals surface area contributed by atoms with Gasteiger partial charge >= 0.3 is 0 Å². The van der Waals surface area contributed by atoms with Gasteiger partial charge in [0.25, 0.3) is 0 Å². The normalized spacial score (nSPS) is 16.9. The molecule has 3 atom stereocenters. The monoisotopic (exact) mass is 386 g/mol. The molecule has 2 rings (SSSR count). The van der Waals surface area contributed by atoms with Crippen LogP contribution in [-0.2, 0) is 16.5 Å². The fourth-order valence-corrected chi connectivity index (χ4v) is 3.53. The standard InChI is InChI=1S/C18H24F2N2O3S/c1-11-13(10-25-21-11)16(23)9-18(5,22-26(24)17(2,3)4)14-7-6-12(19)8-15(14)20/h6-8,10,16,22-23H,9H2,1-5H3. The number of aromatic nitrogens is 1. The number of rotatable bonds is 6. The molecular weight excluding hydrogens is 362 g/mol. The quantitative estimate of drug-likeness (QED) is 0.795. The first kappa shape index (κ1) is 20.7. The molecule has 0 aliphatic rings. The summed E-state index contributed by atoms with van der Waals surface area (Å²) in [6, 6.07) is 3.20. The lowest BCUT2D eigenvalue weighted by Gasteiger charge is -2.35. The van der Waals surface area contributed by atoms with Crippen molar-refractivity contribution >= 4 is 11.0 Å². The zero-order valence-corrected chi connectivity index (χ0v) is 16.3. The summed E-state index contributed by atoms with van der Waals surface area (Å²) in [6.45, 7) is 8.63. The van der Waals surface area contributed by atoms with Gasteiger partial charge < -0.3 is 9.63 Å². The molecule has 2 N–H and O–H groups in total. The van der Waals surface area contributed by atoms with E-state index in [9.17, 15) is 18.1 Å². The fraction of sp³-hybridized carbons (Fsp3) is 0.500. The maximum absolute atomic E-state index is 14.5. The van der Waals surface area contributed by atoms with Crippen molar-refractivity contribution in [3.05, 3.63) is 52.9 Å². The molecule has 0 spiro atoms. The zero-order valence-electron chi connectivity index (χ0n) is 15.5. The molecule has 1 heterocycles. The number of aliphatic hydroxyl groups is 1. The number of nitrogens with one attached hydrogen (secondary N) is 1. The Bertz CT molecular complexity index is 804. The molecule has 1 aromatic carbocycles. The molecule has 1 aromatic heterocycles. The molecule has 0 radical (unpaired) electrons. The second kappa shape index (κ2) is 7.54. The van der Waals surface area contributed by atoms with Crippen LogP contribution < -0.4 is 4.72 Å². The molecule has 0 aliphatic carbocycles. The van der Waals surface area contributed by atoms with Crippen LogP contribution in [0.25, 0.3) is 0 Å². The molecule has 2 aromatic rings. The van der Waals surface area contributed by atoms with Crippen molar-refractivity contribution in [2.45, 2.75) is 57.4 Å². The van der Waals surface area contributed by atoms with Crippen molar-refractivity contribution in [1.82, 2.24) is 9.88 Å². The number of nitrogens with zero attached hydrogens (tertiary/aromatic N) is 1. The molecule has 0 aliphatic heterocycles. The third kappa shape index (κ3) is 4.55. The highest BCUT2D eigenvalue weighted by molar-refractivity contribution is 7.84. The molecule has 0 bridgehead atoms. The maximum Gasteiger partial charge on any atom is 0.131 e. The van der Waals surface area contributed by atoms with Crippen LogP contribution in [0, 0.1) is 18.6 Å². The van der Waals surface area contributed by atoms with E-state index in [1.54, 1.807) is 34.6 Å². The summed E-state index contributed by atoms with van der Waals surface area (Å²) in [5.74, 6) is -1.49. The fourth-order valence-electron chi connectivity index (χ4n) is 2.62. The van der Waals surface area contributed by atoms with Crippen molar-refractivity contribution in [2.75, 3.05) is 0 Å². The van der Waals surface area contributed by atoms with E-state index in [0.29, 0.717) is 11.3 Å². The second-order valence-electron chi connectivity index (χ2n) is 7.51. The number of aryl methyl sites for hydroxylation is 1. The molecule has 5 nitrogen and oxygen atoms in total. The first-order valence-corrected chi connectivity index (χ1v) is 9.33. The second-order valence-corrected chi connectivity index (χ2v) is 9.48. The van der Waals surface area contributed by atoms with E-state index in [1.165, 1.54) is 12.3 Å². The molecule has 0 amide bonds. The highest BCUT2D eigenvalue weighted by Gasteiger charge is 2.37. The Morgan fingerprint density at radius 1 is 1.31 bits per heavy atom. The summed E-state index contributed by atoms with van der Waals surface area (Å²) in [7, 11) is -1.55. The Kier molecular flexibility index (Phi) is 5.99. The third-order valence-electron chi connectivity index (χ3n) is 4.15. The van der Waals surface area contributed by atoms with E-state index in [4.69, 9.17) is 4.52 Å². The van der Waals surface area contributed by atoms with Gasteiger partial charge in [-0.25, -0.2) is 17.7 Å². The summed E-state index contributed by atoms with van der Waals surface area (Å²) < 4.78 is 47.6. The Hall–Kier alpha value is -1.64. The van der Waals surface area contributed by atoms with E-state index in [0.717, 1.165) is 12.1 Å². The Balaban J connectivity index is 2.44. The summed E-state index contributed by atoms with van der Waals surface area (Å²) in [5, 5.41) is 14.3.